The van der Waals surface area contributed by atoms with E-state index in [1.54, 1.807) is 0 Å². The monoisotopic (exact) mass is 170 g/mol. The third kappa shape index (κ3) is 3.59. The summed E-state index contributed by atoms with van der Waals surface area (Å²) in [5.41, 5.74) is 0.215. The predicted molar refractivity (Wildman–Crippen MR) is 52.2 cm³/mol. The fraction of sp³-hybridized carbons (Fsp3) is 0.778. The highest BCUT2D eigenvalue weighted by Gasteiger charge is 2.28. The highest BCUT2D eigenvalue weighted by atomic mass is 28.3. The van der Waals surface area contributed by atoms with Gasteiger partial charge in [-0.05, 0) is 13.8 Å². The van der Waals surface area contributed by atoms with Crippen LogP contribution in [0.1, 0.15) is 13.8 Å². The Hall–Kier alpha value is -0.263. The van der Waals surface area contributed by atoms with Crippen molar-refractivity contribution in [1.82, 2.24) is 0 Å². The molecule has 1 N–H and O–H groups in total. The second kappa shape index (κ2) is 3.94. The van der Waals surface area contributed by atoms with E-state index >= 15 is 0 Å². The standard InChI is InChI=1S/C9H18OSi/c1-6-7-9(8(2)10)11(3,4)5/h8-10H,1-5H3. The molecule has 2 atom stereocenters. The van der Waals surface area contributed by atoms with E-state index in [2.05, 4.69) is 31.5 Å². The molecule has 64 valence electrons. The lowest BCUT2D eigenvalue weighted by molar-refractivity contribution is 0.198. The van der Waals surface area contributed by atoms with E-state index in [1.807, 2.05) is 13.8 Å². The second-order valence-corrected chi connectivity index (χ2v) is 9.33. The Morgan fingerprint density at radius 3 is 1.82 bits per heavy atom. The zero-order valence-electron chi connectivity index (χ0n) is 8.10. The summed E-state index contributed by atoms with van der Waals surface area (Å²) in [6, 6.07) is 0. The van der Waals surface area contributed by atoms with E-state index in [1.165, 1.54) is 0 Å². The number of aliphatic hydroxyl groups is 1. The van der Waals surface area contributed by atoms with E-state index in [9.17, 15) is 5.11 Å². The van der Waals surface area contributed by atoms with Crippen LogP contribution >= 0.6 is 0 Å². The molecule has 0 aromatic rings. The number of hydrogen-bond acceptors (Lipinski definition) is 1. The van der Waals surface area contributed by atoms with Gasteiger partial charge >= 0.3 is 0 Å². The van der Waals surface area contributed by atoms with Crippen LogP contribution in [-0.2, 0) is 0 Å². The Kier molecular flexibility index (Phi) is 3.84. The molecule has 2 heteroatoms. The van der Waals surface area contributed by atoms with Gasteiger partial charge in [-0.3, -0.25) is 0 Å². The molecule has 0 saturated carbocycles. The molecule has 2 unspecified atom stereocenters. The van der Waals surface area contributed by atoms with E-state index in [4.69, 9.17) is 0 Å². The molecule has 0 aliphatic rings. The van der Waals surface area contributed by atoms with Gasteiger partial charge in [0.1, 0.15) is 0 Å². The fourth-order valence-electron chi connectivity index (χ4n) is 1.22. The van der Waals surface area contributed by atoms with Gasteiger partial charge in [-0.25, -0.2) is 0 Å². The van der Waals surface area contributed by atoms with Crippen molar-refractivity contribution in [2.24, 2.45) is 0 Å². The summed E-state index contributed by atoms with van der Waals surface area (Å²) in [5.74, 6) is 5.96. The first-order chi connectivity index (χ1) is 4.89. The molecule has 11 heavy (non-hydrogen) atoms. The minimum atomic E-state index is -1.29. The van der Waals surface area contributed by atoms with Gasteiger partial charge in [-0.15, -0.1) is 11.8 Å². The van der Waals surface area contributed by atoms with Crippen molar-refractivity contribution < 1.29 is 5.11 Å². The molecule has 0 rings (SSSR count). The lowest BCUT2D eigenvalue weighted by Crippen LogP contribution is -2.33. The Morgan fingerprint density at radius 2 is 1.73 bits per heavy atom. The first-order valence-electron chi connectivity index (χ1n) is 4.00. The zero-order chi connectivity index (χ0) is 9.07. The highest BCUT2D eigenvalue weighted by Crippen LogP contribution is 2.24. The molecule has 0 aromatic heterocycles. The van der Waals surface area contributed by atoms with Crippen molar-refractivity contribution in [1.29, 1.82) is 0 Å². The van der Waals surface area contributed by atoms with Crippen LogP contribution in [0.2, 0.25) is 25.2 Å². The molecule has 0 fully saturated rings. The Bertz CT molecular complexity index is 168. The maximum atomic E-state index is 9.41. The van der Waals surface area contributed by atoms with Crippen molar-refractivity contribution in [3.05, 3.63) is 0 Å². The van der Waals surface area contributed by atoms with Crippen molar-refractivity contribution in [3.8, 4) is 11.8 Å². The quantitative estimate of drug-likeness (QED) is 0.497. The summed E-state index contributed by atoms with van der Waals surface area (Å²) >= 11 is 0. The van der Waals surface area contributed by atoms with E-state index < -0.39 is 8.07 Å². The normalized spacial score (nSPS) is 16.5. The van der Waals surface area contributed by atoms with E-state index in [0.717, 1.165) is 0 Å². The number of hydrogen-bond donors (Lipinski definition) is 1. The van der Waals surface area contributed by atoms with Gasteiger partial charge in [-0.1, -0.05) is 19.6 Å². The van der Waals surface area contributed by atoms with Gasteiger partial charge in [0.15, 0.2) is 0 Å². The molecule has 0 heterocycles. The van der Waals surface area contributed by atoms with Crippen LogP contribution in [0.25, 0.3) is 0 Å². The van der Waals surface area contributed by atoms with Crippen LogP contribution in [0.4, 0.5) is 0 Å². The minimum absolute atomic E-state index is 0.215. The summed E-state index contributed by atoms with van der Waals surface area (Å²) in [5, 5.41) is 9.41. The third-order valence-corrected chi connectivity index (χ3v) is 4.21. The maximum Gasteiger partial charge on any atom is 0.0646 e. The molecule has 0 spiro atoms. The number of rotatable bonds is 2. The molecular formula is C9H18OSi. The molecule has 0 saturated heterocycles. The summed E-state index contributed by atoms with van der Waals surface area (Å²) in [6.07, 6.45) is -0.283. The smallest absolute Gasteiger partial charge is 0.0646 e. The highest BCUT2D eigenvalue weighted by molar-refractivity contribution is 6.78. The molecule has 0 aliphatic heterocycles. The largest absolute Gasteiger partial charge is 0.392 e. The molecule has 0 aromatic carbocycles. The first-order valence-corrected chi connectivity index (χ1v) is 7.57. The maximum absolute atomic E-state index is 9.41. The molecule has 0 bridgehead atoms. The van der Waals surface area contributed by atoms with Crippen LogP contribution in [0.5, 0.6) is 0 Å². The summed E-state index contributed by atoms with van der Waals surface area (Å²) in [4.78, 5) is 0. The molecule has 0 aliphatic carbocycles. The lowest BCUT2D eigenvalue weighted by Gasteiger charge is -2.26. The average Bonchev–Trinajstić information content (AvgIpc) is 1.79. The molecule has 1 nitrogen and oxygen atoms in total. The molecular weight excluding hydrogens is 152 g/mol. The first kappa shape index (κ1) is 10.7. The van der Waals surface area contributed by atoms with Crippen LogP contribution in [0.3, 0.4) is 0 Å². The zero-order valence-corrected chi connectivity index (χ0v) is 9.10. The minimum Gasteiger partial charge on any atom is -0.392 e. The van der Waals surface area contributed by atoms with Gasteiger partial charge < -0.3 is 5.11 Å². The average molecular weight is 170 g/mol. The molecule has 0 radical (unpaired) electrons. The van der Waals surface area contributed by atoms with Crippen molar-refractivity contribution in [2.75, 3.05) is 0 Å². The van der Waals surface area contributed by atoms with Gasteiger partial charge in [0, 0.05) is 5.54 Å². The van der Waals surface area contributed by atoms with Gasteiger partial charge in [0.25, 0.3) is 0 Å². The summed E-state index contributed by atoms with van der Waals surface area (Å²) < 4.78 is 0. The van der Waals surface area contributed by atoms with Crippen molar-refractivity contribution >= 4 is 8.07 Å². The summed E-state index contributed by atoms with van der Waals surface area (Å²) in [6.45, 7) is 10.3. The van der Waals surface area contributed by atoms with Crippen molar-refractivity contribution in [3.63, 3.8) is 0 Å². The Balaban J connectivity index is 4.44. The third-order valence-electron chi connectivity index (χ3n) is 1.72. The van der Waals surface area contributed by atoms with Gasteiger partial charge in [0.2, 0.25) is 0 Å². The fourth-order valence-corrected chi connectivity index (χ4v) is 3.24. The number of aliphatic hydroxyl groups excluding tert-OH is 1. The van der Waals surface area contributed by atoms with E-state index in [-0.39, 0.29) is 11.6 Å². The van der Waals surface area contributed by atoms with Gasteiger partial charge in [0.05, 0.1) is 14.2 Å². The van der Waals surface area contributed by atoms with Crippen LogP contribution in [0.15, 0.2) is 0 Å². The predicted octanol–water partition coefficient (Wildman–Crippen LogP) is 2.10. The Labute approximate surface area is 70.8 Å². The van der Waals surface area contributed by atoms with Crippen LogP contribution in [-0.4, -0.2) is 19.3 Å². The van der Waals surface area contributed by atoms with Crippen LogP contribution < -0.4 is 0 Å². The Morgan fingerprint density at radius 1 is 1.27 bits per heavy atom. The lowest BCUT2D eigenvalue weighted by atomic mass is 10.3. The van der Waals surface area contributed by atoms with Gasteiger partial charge in [-0.2, -0.15) is 0 Å². The van der Waals surface area contributed by atoms with Crippen molar-refractivity contribution in [2.45, 2.75) is 45.1 Å². The SMILES string of the molecule is CC#CC(C(C)O)[Si](C)(C)C. The van der Waals surface area contributed by atoms with E-state index in [0.29, 0.717) is 0 Å². The topological polar surface area (TPSA) is 20.2 Å². The molecule has 0 amide bonds. The second-order valence-electron chi connectivity index (χ2n) is 3.98. The summed E-state index contributed by atoms with van der Waals surface area (Å²) in [7, 11) is -1.29. The van der Waals surface area contributed by atoms with Crippen LogP contribution in [0, 0.1) is 11.8 Å².